The molecule has 2 N–H and O–H groups in total. The molecule has 0 amide bonds. The topological polar surface area (TPSA) is 60.8 Å². The van der Waals surface area contributed by atoms with Crippen molar-refractivity contribution in [1.82, 2.24) is 5.12 Å². The molecular formula is C10H12FNO3. The number of phenols is 1. The maximum Gasteiger partial charge on any atom is 0.323 e. The number of carboxylic acid groups (broad SMARTS) is 1. The van der Waals surface area contributed by atoms with Gasteiger partial charge in [-0.2, -0.15) is 0 Å². The van der Waals surface area contributed by atoms with Gasteiger partial charge >= 0.3 is 5.97 Å². The Morgan fingerprint density at radius 3 is 2.67 bits per heavy atom. The van der Waals surface area contributed by atoms with Crippen LogP contribution in [0.25, 0.3) is 0 Å². The molecule has 1 aromatic rings. The first-order valence-electron chi connectivity index (χ1n) is 4.97. The number of likely N-dealkylation sites (N-methyl/N-ethyl adjacent to an activating group) is 1. The Labute approximate surface area is 87.9 Å². The molecule has 5 heteroatoms. The van der Waals surface area contributed by atoms with Crippen molar-refractivity contribution in [3.05, 3.63) is 29.8 Å². The van der Waals surface area contributed by atoms with Crippen LogP contribution < -0.4 is 0 Å². The van der Waals surface area contributed by atoms with Gasteiger partial charge in [0.25, 0.3) is 0 Å². The molecule has 0 unspecified atom stereocenters. The van der Waals surface area contributed by atoms with Gasteiger partial charge in [-0.3, -0.25) is 4.79 Å². The van der Waals surface area contributed by atoms with E-state index in [2.05, 4.69) is 0 Å². The number of rotatable bonds is 4. The minimum absolute atomic E-state index is 0.0464. The van der Waals surface area contributed by atoms with E-state index in [4.69, 9.17) is 11.6 Å². The van der Waals surface area contributed by atoms with E-state index in [0.717, 1.165) is 0 Å². The van der Waals surface area contributed by atoms with E-state index in [1.807, 2.05) is 0 Å². The molecule has 0 fully saturated rings. The summed E-state index contributed by atoms with van der Waals surface area (Å²) in [5.41, 5.74) is 0.585. The zero-order chi connectivity index (χ0) is 12.1. The number of hydrogen-bond donors (Lipinski definition) is 2. The second-order valence-corrected chi connectivity index (χ2v) is 3.12. The highest BCUT2D eigenvalue weighted by Crippen LogP contribution is 2.13. The molecule has 0 aromatic heterocycles. The van der Waals surface area contributed by atoms with Crippen LogP contribution in [0.3, 0.4) is 0 Å². The summed E-state index contributed by atoms with van der Waals surface area (Å²) in [7, 11) is -0.727. The molecule has 0 aliphatic rings. The number of halogens is 1. The van der Waals surface area contributed by atoms with E-state index in [-0.39, 0.29) is 17.3 Å². The number of aliphatic carboxylic acids is 1. The second kappa shape index (κ2) is 4.75. The van der Waals surface area contributed by atoms with Gasteiger partial charge in [-0.15, -0.1) is 9.60 Å². The van der Waals surface area contributed by atoms with Crippen LogP contribution in [-0.4, -0.2) is 34.4 Å². The molecule has 0 aliphatic heterocycles. The minimum atomic E-state index is -1.37. The van der Waals surface area contributed by atoms with Crippen LogP contribution >= 0.6 is 0 Å². The van der Waals surface area contributed by atoms with Crippen LogP contribution in [0.1, 0.15) is 6.93 Å². The van der Waals surface area contributed by atoms with Crippen LogP contribution in [0, 0.1) is 0 Å². The normalized spacial score (nSPS) is 13.6. The van der Waals surface area contributed by atoms with E-state index >= 15 is 0 Å². The molecule has 0 aliphatic carbocycles. The zero-order valence-electron chi connectivity index (χ0n) is 8.93. The van der Waals surface area contributed by atoms with Gasteiger partial charge in [0, 0.05) is 14.8 Å². The predicted octanol–water partition coefficient (Wildman–Crippen LogP) is 1.20. The lowest BCUT2D eigenvalue weighted by atomic mass is 10.1. The fraction of sp³-hybridized carbons (Fsp3) is 0.300. The molecule has 1 atom stereocenters. The Balaban J connectivity index is 2.75. The van der Waals surface area contributed by atoms with Gasteiger partial charge in [0.15, 0.2) is 0 Å². The van der Waals surface area contributed by atoms with Crippen LogP contribution in [-0.2, 0) is 11.2 Å². The molecule has 0 bridgehead atoms. The predicted molar refractivity (Wildman–Crippen MR) is 52.1 cm³/mol. The van der Waals surface area contributed by atoms with Crippen LogP contribution in [0.15, 0.2) is 24.3 Å². The Bertz CT molecular complexity index is 358. The fourth-order valence-electron chi connectivity index (χ4n) is 1.16. The quantitative estimate of drug-likeness (QED) is 0.739. The molecule has 4 nitrogen and oxygen atoms in total. The number of carbonyl (C=O) groups is 1. The monoisotopic (exact) mass is 214 g/mol. The maximum atomic E-state index is 13.0. The van der Waals surface area contributed by atoms with E-state index < -0.39 is 19.0 Å². The highest BCUT2D eigenvalue weighted by molar-refractivity contribution is 5.73. The van der Waals surface area contributed by atoms with E-state index in [1.54, 1.807) is 0 Å². The largest absolute Gasteiger partial charge is 0.508 e. The third kappa shape index (κ3) is 3.21. The lowest BCUT2D eigenvalue weighted by Gasteiger charge is -2.15. The molecule has 0 saturated carbocycles. The number of nitrogens with zero attached hydrogens (tertiary/aromatic N) is 1. The lowest BCUT2D eigenvalue weighted by Crippen LogP contribution is -2.34. The zero-order valence-corrected chi connectivity index (χ0v) is 7.93. The van der Waals surface area contributed by atoms with Crippen molar-refractivity contribution >= 4 is 5.97 Å². The Kier molecular flexibility index (Phi) is 3.14. The molecule has 1 rings (SSSR count). The highest BCUT2D eigenvalue weighted by Gasteiger charge is 2.22. The Morgan fingerprint density at radius 1 is 1.60 bits per heavy atom. The summed E-state index contributed by atoms with van der Waals surface area (Å²) in [5, 5.41) is 17.8. The summed E-state index contributed by atoms with van der Waals surface area (Å²) in [6.07, 6.45) is -0.0506. The molecule has 0 radical (unpaired) electrons. The SMILES string of the molecule is [2H]CN(F)[C@@H](Cc1ccc(O)cc1)C(=O)O. The molecule has 0 saturated heterocycles. The summed E-state index contributed by atoms with van der Waals surface area (Å²) in [5.74, 6) is -1.25. The molecule has 15 heavy (non-hydrogen) atoms. The molecule has 82 valence electrons. The molecule has 0 spiro atoms. The Morgan fingerprint density at radius 2 is 2.20 bits per heavy atom. The maximum absolute atomic E-state index is 13.0. The summed E-state index contributed by atoms with van der Waals surface area (Å²) < 4.78 is 19.8. The average molecular weight is 214 g/mol. The van der Waals surface area contributed by atoms with Crippen LogP contribution in [0.4, 0.5) is 4.48 Å². The van der Waals surface area contributed by atoms with Crippen molar-refractivity contribution < 1.29 is 20.9 Å². The van der Waals surface area contributed by atoms with Gasteiger partial charge in [-0.25, -0.2) is 0 Å². The summed E-state index contributed by atoms with van der Waals surface area (Å²) in [4.78, 5) is 10.8. The number of aromatic hydroxyl groups is 1. The molecule has 0 heterocycles. The number of benzene rings is 1. The third-order valence-corrected chi connectivity index (χ3v) is 1.99. The first kappa shape index (κ1) is 9.92. The lowest BCUT2D eigenvalue weighted by molar-refractivity contribution is -0.149. The van der Waals surface area contributed by atoms with Crippen molar-refractivity contribution in [3.8, 4) is 5.75 Å². The van der Waals surface area contributed by atoms with Crippen molar-refractivity contribution in [2.75, 3.05) is 7.02 Å². The van der Waals surface area contributed by atoms with Gasteiger partial charge in [0.05, 0.1) is 0 Å². The van der Waals surface area contributed by atoms with Gasteiger partial charge in [-0.05, 0) is 17.7 Å². The van der Waals surface area contributed by atoms with Crippen molar-refractivity contribution in [2.45, 2.75) is 12.5 Å². The third-order valence-electron chi connectivity index (χ3n) is 1.99. The van der Waals surface area contributed by atoms with Crippen LogP contribution in [0.2, 0.25) is 0 Å². The van der Waals surface area contributed by atoms with Crippen molar-refractivity contribution in [3.63, 3.8) is 0 Å². The van der Waals surface area contributed by atoms with E-state index in [9.17, 15) is 9.28 Å². The van der Waals surface area contributed by atoms with Gasteiger partial charge in [-0.1, -0.05) is 12.1 Å². The van der Waals surface area contributed by atoms with Crippen molar-refractivity contribution in [1.29, 1.82) is 0 Å². The van der Waals surface area contributed by atoms with Crippen molar-refractivity contribution in [2.24, 2.45) is 0 Å². The number of hydrogen-bond acceptors (Lipinski definition) is 3. The number of phenolic OH excluding ortho intramolecular Hbond substituents is 1. The minimum Gasteiger partial charge on any atom is -0.508 e. The Hall–Kier alpha value is -1.62. The highest BCUT2D eigenvalue weighted by atomic mass is 19.2. The van der Waals surface area contributed by atoms with Crippen LogP contribution in [0.5, 0.6) is 5.75 Å². The second-order valence-electron chi connectivity index (χ2n) is 3.12. The van der Waals surface area contributed by atoms with E-state index in [0.29, 0.717) is 5.56 Å². The smallest absolute Gasteiger partial charge is 0.323 e. The first-order valence-corrected chi connectivity index (χ1v) is 4.27. The van der Waals surface area contributed by atoms with E-state index in [1.165, 1.54) is 24.3 Å². The van der Waals surface area contributed by atoms with Gasteiger partial charge in [0.1, 0.15) is 11.8 Å². The summed E-state index contributed by atoms with van der Waals surface area (Å²) >= 11 is 0. The summed E-state index contributed by atoms with van der Waals surface area (Å²) in [6.45, 7) is 0. The van der Waals surface area contributed by atoms with Gasteiger partial charge in [0.2, 0.25) is 0 Å². The fourth-order valence-corrected chi connectivity index (χ4v) is 1.16. The standard InChI is InChI=1S/C10H12FNO3/c1-12(11)9(10(14)15)6-7-2-4-8(13)5-3-7/h2-5,9,13H,6H2,1H3,(H,14,15)/t9-/m0/s1/i1D. The van der Waals surface area contributed by atoms with Gasteiger partial charge < -0.3 is 10.2 Å². The average Bonchev–Trinajstić information content (AvgIpc) is 2.27. The molecular weight excluding hydrogens is 201 g/mol. The molecule has 1 aromatic carbocycles. The first-order chi connectivity index (χ1) is 7.54. The summed E-state index contributed by atoms with van der Waals surface area (Å²) in [6, 6.07) is 4.46. The number of carboxylic acids is 1.